The van der Waals surface area contributed by atoms with Crippen LogP contribution in [0.2, 0.25) is 0 Å². The minimum atomic E-state index is -4.06. The van der Waals surface area contributed by atoms with Crippen LogP contribution in [0.5, 0.6) is 0 Å². The molecule has 0 aliphatic heterocycles. The lowest BCUT2D eigenvalue weighted by Gasteiger charge is -2.39. The fourth-order valence-corrected chi connectivity index (χ4v) is 2.83. The molecule has 4 heteroatoms. The van der Waals surface area contributed by atoms with Gasteiger partial charge in [-0.25, -0.2) is 0 Å². The number of hydrogen-bond donors (Lipinski definition) is 1. The van der Waals surface area contributed by atoms with Gasteiger partial charge in [-0.05, 0) is 44.1 Å². The zero-order valence-electron chi connectivity index (χ0n) is 12.2. The third kappa shape index (κ3) is 3.80. The molecule has 3 nitrogen and oxygen atoms in total. The van der Waals surface area contributed by atoms with Gasteiger partial charge in [0, 0.05) is 0 Å². The third-order valence-corrected chi connectivity index (χ3v) is 6.23. The first-order chi connectivity index (χ1) is 8.58. The lowest BCUT2D eigenvalue weighted by atomic mass is 9.76. The molecule has 0 amide bonds. The van der Waals surface area contributed by atoms with Crippen LogP contribution in [-0.4, -0.2) is 17.7 Å². The molecule has 108 valence electrons. The highest BCUT2D eigenvalue weighted by Crippen LogP contribution is 2.40. The van der Waals surface area contributed by atoms with Gasteiger partial charge >= 0.3 is 0 Å². The Morgan fingerprint density at radius 3 is 2.05 bits per heavy atom. The zero-order valence-corrected chi connectivity index (χ0v) is 13.0. The Morgan fingerprint density at radius 2 is 1.58 bits per heavy atom. The Labute approximate surface area is 116 Å². The molecule has 0 radical (unpaired) electrons. The van der Waals surface area contributed by atoms with Crippen molar-refractivity contribution in [2.24, 2.45) is 5.41 Å². The second-order valence-electron chi connectivity index (χ2n) is 6.21. The van der Waals surface area contributed by atoms with Crippen molar-refractivity contribution in [3.05, 3.63) is 35.9 Å². The lowest BCUT2D eigenvalue weighted by Crippen LogP contribution is -2.45. The fraction of sp³-hybridized carbons (Fsp3) is 0.600. The van der Waals surface area contributed by atoms with Crippen molar-refractivity contribution in [3.63, 3.8) is 0 Å². The Morgan fingerprint density at radius 1 is 1.05 bits per heavy atom. The molecule has 0 saturated heterocycles. The summed E-state index contributed by atoms with van der Waals surface area (Å²) in [6.45, 7) is 6.97. The molecule has 1 aromatic carbocycles. The smallest absolute Gasteiger partial charge is 0.270 e. The van der Waals surface area contributed by atoms with Crippen LogP contribution in [0.3, 0.4) is 0 Å². The molecule has 0 bridgehead atoms. The normalized spacial score (nSPS) is 13.5. The van der Waals surface area contributed by atoms with E-state index in [1.54, 1.807) is 13.8 Å². The Balaban J connectivity index is 2.66. The summed E-state index contributed by atoms with van der Waals surface area (Å²) in [5.41, 5.74) is 0.776. The van der Waals surface area contributed by atoms with E-state index in [0.29, 0.717) is 0 Å². The minimum Gasteiger partial charge on any atom is -0.285 e. The van der Waals surface area contributed by atoms with Crippen LogP contribution in [-0.2, 0) is 16.5 Å². The third-order valence-electron chi connectivity index (χ3n) is 4.38. The van der Waals surface area contributed by atoms with Crippen molar-refractivity contribution in [2.75, 3.05) is 0 Å². The zero-order chi connectivity index (χ0) is 14.7. The summed E-state index contributed by atoms with van der Waals surface area (Å²) < 4.78 is 31.2. The lowest BCUT2D eigenvalue weighted by molar-refractivity contribution is 0.229. The predicted octanol–water partition coefficient (Wildman–Crippen LogP) is 3.70. The molecular weight excluding hydrogens is 260 g/mol. The number of aryl methyl sites for hydroxylation is 1. The molecule has 19 heavy (non-hydrogen) atoms. The van der Waals surface area contributed by atoms with Crippen LogP contribution in [0.15, 0.2) is 30.3 Å². The summed E-state index contributed by atoms with van der Waals surface area (Å²) in [7, 11) is -4.06. The van der Waals surface area contributed by atoms with Crippen LogP contribution in [0.4, 0.5) is 0 Å². The standard InChI is InChI=1S/C15H24O3S/c1-14(2,15(3,4)19(16,17)18)12-8-11-13-9-6-5-7-10-13/h5-7,9-10H,8,11-12H2,1-4H3,(H,16,17,18). The van der Waals surface area contributed by atoms with Gasteiger partial charge in [0.15, 0.2) is 0 Å². The fourth-order valence-electron chi connectivity index (χ4n) is 2.03. The van der Waals surface area contributed by atoms with Crippen LogP contribution < -0.4 is 0 Å². The first kappa shape index (κ1) is 16.2. The number of benzene rings is 1. The average Bonchev–Trinajstić information content (AvgIpc) is 2.28. The maximum Gasteiger partial charge on any atom is 0.270 e. The molecule has 0 aliphatic carbocycles. The Hall–Kier alpha value is -0.870. The molecule has 0 aromatic heterocycles. The van der Waals surface area contributed by atoms with E-state index in [0.717, 1.165) is 19.3 Å². The van der Waals surface area contributed by atoms with E-state index in [4.69, 9.17) is 0 Å². The Bertz CT molecular complexity index is 501. The van der Waals surface area contributed by atoms with Crippen molar-refractivity contribution in [1.29, 1.82) is 0 Å². The van der Waals surface area contributed by atoms with Gasteiger partial charge in [-0.2, -0.15) is 8.42 Å². The van der Waals surface area contributed by atoms with E-state index < -0.39 is 20.3 Å². The van der Waals surface area contributed by atoms with E-state index in [9.17, 15) is 13.0 Å². The van der Waals surface area contributed by atoms with Gasteiger partial charge in [0.1, 0.15) is 0 Å². The first-order valence-electron chi connectivity index (χ1n) is 6.59. The highest BCUT2D eigenvalue weighted by atomic mass is 32.2. The van der Waals surface area contributed by atoms with Gasteiger partial charge in [0.05, 0.1) is 4.75 Å². The summed E-state index contributed by atoms with van der Waals surface area (Å²) in [6, 6.07) is 10.1. The first-order valence-corrected chi connectivity index (χ1v) is 8.03. The molecule has 1 N–H and O–H groups in total. The van der Waals surface area contributed by atoms with E-state index >= 15 is 0 Å². The second-order valence-corrected chi connectivity index (χ2v) is 8.18. The van der Waals surface area contributed by atoms with Crippen molar-refractivity contribution >= 4 is 10.1 Å². The van der Waals surface area contributed by atoms with Crippen LogP contribution in [0, 0.1) is 5.41 Å². The van der Waals surface area contributed by atoms with Crippen molar-refractivity contribution < 1.29 is 13.0 Å². The maximum absolute atomic E-state index is 11.5. The molecule has 0 fully saturated rings. The molecular formula is C15H24O3S. The highest BCUT2D eigenvalue weighted by molar-refractivity contribution is 7.87. The summed E-state index contributed by atoms with van der Waals surface area (Å²) in [5.74, 6) is 0. The summed E-state index contributed by atoms with van der Waals surface area (Å²) in [6.07, 6.45) is 2.57. The van der Waals surface area contributed by atoms with Gasteiger partial charge < -0.3 is 0 Å². The topological polar surface area (TPSA) is 54.4 Å². The van der Waals surface area contributed by atoms with Crippen molar-refractivity contribution in [1.82, 2.24) is 0 Å². The molecule has 0 unspecified atom stereocenters. The van der Waals surface area contributed by atoms with E-state index in [1.807, 2.05) is 32.0 Å². The van der Waals surface area contributed by atoms with Gasteiger partial charge in [-0.1, -0.05) is 44.2 Å². The van der Waals surface area contributed by atoms with Gasteiger partial charge in [0.25, 0.3) is 10.1 Å². The molecule has 1 rings (SSSR count). The molecule has 0 aliphatic rings. The maximum atomic E-state index is 11.5. The van der Waals surface area contributed by atoms with Gasteiger partial charge in [-0.15, -0.1) is 0 Å². The largest absolute Gasteiger partial charge is 0.285 e. The van der Waals surface area contributed by atoms with E-state index in [2.05, 4.69) is 12.1 Å². The van der Waals surface area contributed by atoms with Gasteiger partial charge in [-0.3, -0.25) is 4.55 Å². The summed E-state index contributed by atoms with van der Waals surface area (Å²) in [4.78, 5) is 0. The monoisotopic (exact) mass is 284 g/mol. The SMILES string of the molecule is CC(C)(CCCc1ccccc1)C(C)(C)S(=O)(=O)O. The van der Waals surface area contributed by atoms with Crippen molar-refractivity contribution in [3.8, 4) is 0 Å². The second kappa shape index (κ2) is 5.63. The predicted molar refractivity (Wildman–Crippen MR) is 78.8 cm³/mol. The van der Waals surface area contributed by atoms with Crippen LogP contribution in [0.25, 0.3) is 0 Å². The van der Waals surface area contributed by atoms with Gasteiger partial charge in [0.2, 0.25) is 0 Å². The summed E-state index contributed by atoms with van der Waals surface area (Å²) >= 11 is 0. The average molecular weight is 284 g/mol. The molecule has 0 saturated carbocycles. The summed E-state index contributed by atoms with van der Waals surface area (Å²) in [5, 5.41) is 0. The highest BCUT2D eigenvalue weighted by Gasteiger charge is 2.46. The minimum absolute atomic E-state index is 0.477. The van der Waals surface area contributed by atoms with E-state index in [-0.39, 0.29) is 0 Å². The van der Waals surface area contributed by atoms with Crippen LogP contribution >= 0.6 is 0 Å². The number of hydrogen-bond acceptors (Lipinski definition) is 2. The molecule has 0 spiro atoms. The number of rotatable bonds is 6. The van der Waals surface area contributed by atoms with Crippen LogP contribution in [0.1, 0.15) is 46.1 Å². The Kier molecular flexibility index (Phi) is 4.80. The molecule has 0 heterocycles. The van der Waals surface area contributed by atoms with Crippen molar-refractivity contribution in [2.45, 2.75) is 51.7 Å². The van der Waals surface area contributed by atoms with E-state index in [1.165, 1.54) is 5.56 Å². The quantitative estimate of drug-likeness (QED) is 0.810. The molecule has 0 atom stereocenters. The molecule has 1 aromatic rings.